The lowest BCUT2D eigenvalue weighted by atomic mass is 9.81. The fraction of sp³-hybridized carbons (Fsp3) is 0.682. The van der Waals surface area contributed by atoms with Crippen LogP contribution in [0.1, 0.15) is 68.9 Å². The van der Waals surface area contributed by atoms with Crippen molar-refractivity contribution in [3.05, 3.63) is 35.4 Å². The lowest BCUT2D eigenvalue weighted by Crippen LogP contribution is -2.58. The van der Waals surface area contributed by atoms with Crippen LogP contribution in [0.15, 0.2) is 24.3 Å². The highest BCUT2D eigenvalue weighted by molar-refractivity contribution is 7.88. The van der Waals surface area contributed by atoms with Gasteiger partial charge in [0, 0.05) is 25.1 Å². The molecule has 0 bridgehead atoms. The molecule has 6 nitrogen and oxygen atoms in total. The summed E-state index contributed by atoms with van der Waals surface area (Å²) in [6, 6.07) is 6.02. The van der Waals surface area contributed by atoms with Crippen LogP contribution in [0.2, 0.25) is 0 Å². The van der Waals surface area contributed by atoms with Crippen molar-refractivity contribution in [1.29, 1.82) is 0 Å². The average molecular weight is 459 g/mol. The van der Waals surface area contributed by atoms with Gasteiger partial charge in [-0.3, -0.25) is 4.79 Å². The van der Waals surface area contributed by atoms with Crippen LogP contribution in [-0.2, 0) is 19.6 Å². The first-order valence-corrected chi connectivity index (χ1v) is 12.8. The van der Waals surface area contributed by atoms with E-state index < -0.39 is 16.4 Å². The molecule has 1 aliphatic heterocycles. The molecule has 0 radical (unpaired) electrons. The minimum Gasteiger partial charge on any atom is -0.376 e. The third-order valence-electron chi connectivity index (χ3n) is 6.40. The maximum atomic E-state index is 13.3. The minimum atomic E-state index is -3.40. The van der Waals surface area contributed by atoms with Crippen molar-refractivity contribution in [2.45, 2.75) is 76.0 Å². The molecule has 9 heteroatoms. The average Bonchev–Trinajstić information content (AvgIpc) is 2.72. The van der Waals surface area contributed by atoms with Crippen LogP contribution in [0, 0.1) is 0 Å². The van der Waals surface area contributed by atoms with Gasteiger partial charge in [0.2, 0.25) is 15.9 Å². The number of amides is 1. The molecule has 3 rings (SSSR count). The summed E-state index contributed by atoms with van der Waals surface area (Å²) in [5.41, 5.74) is 0.837. The number of alkyl halides is 2. The van der Waals surface area contributed by atoms with E-state index in [2.05, 4.69) is 4.72 Å². The van der Waals surface area contributed by atoms with Crippen LogP contribution in [0.25, 0.3) is 0 Å². The van der Waals surface area contributed by atoms with Gasteiger partial charge in [-0.05, 0) is 50.0 Å². The van der Waals surface area contributed by atoms with E-state index in [0.717, 1.165) is 43.9 Å². The number of carbonyl (C=O) groups is 1. The van der Waals surface area contributed by atoms with E-state index in [4.69, 9.17) is 4.74 Å². The van der Waals surface area contributed by atoms with E-state index in [1.165, 1.54) is 13.0 Å². The Morgan fingerprint density at radius 3 is 2.48 bits per heavy atom. The van der Waals surface area contributed by atoms with Gasteiger partial charge in [0.25, 0.3) is 6.43 Å². The van der Waals surface area contributed by atoms with Gasteiger partial charge in [-0.25, -0.2) is 21.9 Å². The molecule has 1 aliphatic carbocycles. The molecule has 0 unspecified atom stereocenters. The van der Waals surface area contributed by atoms with Crippen molar-refractivity contribution in [2.75, 3.05) is 19.4 Å². The Morgan fingerprint density at radius 2 is 1.87 bits per heavy atom. The Balaban J connectivity index is 1.60. The number of rotatable bonds is 7. The normalized spacial score (nSPS) is 27.5. The molecule has 174 valence electrons. The lowest BCUT2D eigenvalue weighted by Gasteiger charge is -2.41. The van der Waals surface area contributed by atoms with Crippen molar-refractivity contribution in [3.8, 4) is 0 Å². The van der Waals surface area contributed by atoms with E-state index in [1.54, 1.807) is 23.1 Å². The Morgan fingerprint density at radius 1 is 1.19 bits per heavy atom. The fourth-order valence-corrected chi connectivity index (χ4v) is 5.75. The third-order valence-corrected chi connectivity index (χ3v) is 7.13. The smallest absolute Gasteiger partial charge is 0.264 e. The molecular weight excluding hydrogens is 426 g/mol. The highest BCUT2D eigenvalue weighted by Crippen LogP contribution is 2.38. The quantitative estimate of drug-likeness (QED) is 0.678. The Bertz CT molecular complexity index is 857. The van der Waals surface area contributed by atoms with Crippen LogP contribution >= 0.6 is 0 Å². The standard InChI is InChI=1S/C22H32F2N2O4S/c1-15(27)26-13-5-8-20(25-31(2,28)29)21(26)14-30-17-11-9-16(10-12-17)18-6-3-4-7-19(18)22(23)24/h3-4,6-7,16-17,20-22,25H,5,8-14H2,1-2H3/t16?,17?,20-,21-/m0/s1. The molecule has 1 aromatic rings. The van der Waals surface area contributed by atoms with E-state index in [1.807, 2.05) is 0 Å². The third kappa shape index (κ3) is 6.46. The Labute approximate surface area is 183 Å². The highest BCUT2D eigenvalue weighted by atomic mass is 32.2. The van der Waals surface area contributed by atoms with Crippen molar-refractivity contribution in [3.63, 3.8) is 0 Å². The maximum Gasteiger partial charge on any atom is 0.264 e. The number of nitrogens with one attached hydrogen (secondary N) is 1. The topological polar surface area (TPSA) is 75.7 Å². The molecule has 1 saturated heterocycles. The summed E-state index contributed by atoms with van der Waals surface area (Å²) < 4.78 is 59.0. The molecule has 1 saturated carbocycles. The van der Waals surface area contributed by atoms with Crippen LogP contribution in [0.4, 0.5) is 8.78 Å². The summed E-state index contributed by atoms with van der Waals surface area (Å²) in [5, 5.41) is 0. The van der Waals surface area contributed by atoms with Crippen LogP contribution in [-0.4, -0.2) is 56.8 Å². The zero-order valence-electron chi connectivity index (χ0n) is 18.1. The maximum absolute atomic E-state index is 13.3. The number of halogens is 2. The lowest BCUT2D eigenvalue weighted by molar-refractivity contribution is -0.136. The second kappa shape index (κ2) is 10.4. The molecule has 1 aromatic carbocycles. The minimum absolute atomic E-state index is 0.0235. The number of sulfonamides is 1. The number of likely N-dealkylation sites (tertiary alicyclic amines) is 1. The molecule has 2 fully saturated rings. The highest BCUT2D eigenvalue weighted by Gasteiger charge is 2.36. The first kappa shape index (κ1) is 24.1. The SMILES string of the molecule is CC(=O)N1CCC[C@H](NS(C)(=O)=O)[C@@H]1COC1CCC(c2ccccc2C(F)F)CC1. The number of hydrogen-bond acceptors (Lipinski definition) is 4. The number of benzene rings is 1. The summed E-state index contributed by atoms with van der Waals surface area (Å²) in [6.07, 6.45) is 3.04. The van der Waals surface area contributed by atoms with E-state index in [9.17, 15) is 22.0 Å². The fourth-order valence-electron chi connectivity index (χ4n) is 4.92. The predicted molar refractivity (Wildman–Crippen MR) is 115 cm³/mol. The van der Waals surface area contributed by atoms with Crippen LogP contribution < -0.4 is 4.72 Å². The number of hydrogen-bond donors (Lipinski definition) is 1. The molecule has 1 N–H and O–H groups in total. The molecule has 0 aromatic heterocycles. The second-order valence-corrected chi connectivity index (χ2v) is 10.4. The number of ether oxygens (including phenoxy) is 1. The summed E-state index contributed by atoms with van der Waals surface area (Å²) >= 11 is 0. The monoisotopic (exact) mass is 458 g/mol. The molecule has 2 aliphatic rings. The Hall–Kier alpha value is -1.58. The summed E-state index contributed by atoms with van der Waals surface area (Å²) in [6.45, 7) is 2.33. The largest absolute Gasteiger partial charge is 0.376 e. The van der Waals surface area contributed by atoms with Crippen LogP contribution in [0.5, 0.6) is 0 Å². The van der Waals surface area contributed by atoms with Crippen molar-refractivity contribution >= 4 is 15.9 Å². The zero-order chi connectivity index (χ0) is 22.6. The van der Waals surface area contributed by atoms with Gasteiger partial charge >= 0.3 is 0 Å². The van der Waals surface area contributed by atoms with E-state index in [0.29, 0.717) is 13.0 Å². The first-order chi connectivity index (χ1) is 14.7. The van der Waals surface area contributed by atoms with Gasteiger partial charge in [0.1, 0.15) is 0 Å². The van der Waals surface area contributed by atoms with Gasteiger partial charge in [-0.1, -0.05) is 24.3 Å². The number of piperidine rings is 1. The van der Waals surface area contributed by atoms with Gasteiger partial charge in [-0.15, -0.1) is 0 Å². The molecule has 31 heavy (non-hydrogen) atoms. The van der Waals surface area contributed by atoms with Crippen molar-refractivity contribution in [1.82, 2.24) is 9.62 Å². The molecular formula is C22H32F2N2O4S. The zero-order valence-corrected chi connectivity index (χ0v) is 18.9. The molecule has 1 amide bonds. The first-order valence-electron chi connectivity index (χ1n) is 10.9. The van der Waals surface area contributed by atoms with Gasteiger partial charge in [0.05, 0.1) is 25.0 Å². The number of nitrogens with zero attached hydrogens (tertiary/aromatic N) is 1. The summed E-state index contributed by atoms with van der Waals surface area (Å²) in [5.74, 6) is -0.00554. The second-order valence-electron chi connectivity index (χ2n) is 8.66. The van der Waals surface area contributed by atoms with Crippen molar-refractivity contribution < 1.29 is 26.7 Å². The number of carbonyl (C=O) groups excluding carboxylic acids is 1. The Kier molecular flexibility index (Phi) is 8.04. The van der Waals surface area contributed by atoms with E-state index >= 15 is 0 Å². The van der Waals surface area contributed by atoms with E-state index in [-0.39, 0.29) is 42.2 Å². The van der Waals surface area contributed by atoms with Crippen LogP contribution in [0.3, 0.4) is 0 Å². The summed E-state index contributed by atoms with van der Waals surface area (Å²) in [7, 11) is -3.40. The van der Waals surface area contributed by atoms with Gasteiger partial charge in [-0.2, -0.15) is 0 Å². The van der Waals surface area contributed by atoms with Gasteiger partial charge < -0.3 is 9.64 Å². The predicted octanol–water partition coefficient (Wildman–Crippen LogP) is 3.60. The van der Waals surface area contributed by atoms with Crippen molar-refractivity contribution in [2.24, 2.45) is 0 Å². The summed E-state index contributed by atoms with van der Waals surface area (Å²) in [4.78, 5) is 13.8. The molecule has 1 heterocycles. The molecule has 0 spiro atoms. The molecule has 2 atom stereocenters. The van der Waals surface area contributed by atoms with Gasteiger partial charge in [0.15, 0.2) is 0 Å².